The monoisotopic (exact) mass is 1410 g/mol. The summed E-state index contributed by atoms with van der Waals surface area (Å²) in [5.41, 5.74) is 2.47. The number of ether oxygens (including phenoxy) is 6. The van der Waals surface area contributed by atoms with Crippen LogP contribution in [0.1, 0.15) is 121 Å². The van der Waals surface area contributed by atoms with Crippen molar-refractivity contribution in [1.82, 2.24) is 0 Å². The van der Waals surface area contributed by atoms with Crippen LogP contribution >= 0.6 is 0 Å². The van der Waals surface area contributed by atoms with Gasteiger partial charge in [0.15, 0.2) is 12.2 Å². The molecule has 8 atom stereocenters. The van der Waals surface area contributed by atoms with Crippen molar-refractivity contribution in [2.75, 3.05) is 27.4 Å². The van der Waals surface area contributed by atoms with Crippen molar-refractivity contribution in [3.63, 3.8) is 0 Å². The van der Waals surface area contributed by atoms with E-state index >= 15 is 8.78 Å². The lowest BCUT2D eigenvalue weighted by molar-refractivity contribution is -0.0723. The van der Waals surface area contributed by atoms with Gasteiger partial charge in [0.1, 0.15) is 29.3 Å². The van der Waals surface area contributed by atoms with Gasteiger partial charge >= 0.3 is 11.9 Å². The number of carbonyl (C=O) groups is 2. The number of aliphatic hydroxyl groups excluding tert-OH is 2. The summed E-state index contributed by atoms with van der Waals surface area (Å²) in [6.45, 7) is 22.1. The molecular formula is C85H104F2O12Si2. The molecule has 0 saturated carbocycles. The van der Waals surface area contributed by atoms with Crippen LogP contribution in [0.3, 0.4) is 0 Å². The van der Waals surface area contributed by atoms with E-state index in [1.807, 2.05) is 155 Å². The summed E-state index contributed by atoms with van der Waals surface area (Å²) in [5, 5.41) is 26.2. The normalized spacial score (nSPS) is 14.7. The van der Waals surface area contributed by atoms with Crippen molar-refractivity contribution in [3.05, 3.63) is 289 Å². The Morgan fingerprint density at radius 3 is 1.16 bits per heavy atom. The van der Waals surface area contributed by atoms with Gasteiger partial charge in [0.2, 0.25) is 0 Å². The van der Waals surface area contributed by atoms with Crippen molar-refractivity contribution in [1.29, 1.82) is 0 Å². The highest BCUT2D eigenvalue weighted by molar-refractivity contribution is 7.00. The van der Waals surface area contributed by atoms with Gasteiger partial charge in [-0.15, -0.1) is 0 Å². The quantitative estimate of drug-likeness (QED) is 0.0175. The standard InChI is InChI=1S/C42H51FO7Si.C42H49FO5Si.CH4/c1-30(31(2)50-51(42(3,4)5,35-18-12-8-13-19-35)36-20-14-9-15-21-36)28-37(43)40(49-41(46)33-16-10-7-11-17-33)39(45)38(44)26-27-48-29-32-22-24-34(47-6)25-23-32;1-32(33(2)48-49(42(3,4)5,37-20-12-8-13-21-37)38-22-14-9-15-23-38)30-39(43)40(47-41(44)35-18-10-7-11-19-35)24-16-17-29-46-31-34-25-27-36(45-6)28-26-34;/h7-25,28,30-31,38-40,44-45H,26-27,29H2,1-6H3;7-16,18-28,30,32-33,40H,17,29,31H2,1-6H3;1H4/b37-28+;24-16-,39-30+;/t30-,31-,38+,39+,40?;32-,33-,40?;/m00./s1. The third-order valence-corrected chi connectivity index (χ3v) is 28.0. The molecule has 0 aliphatic heterocycles. The van der Waals surface area contributed by atoms with Crippen LogP contribution in [0.2, 0.25) is 10.1 Å². The number of rotatable bonds is 33. The lowest BCUT2D eigenvalue weighted by Crippen LogP contribution is -2.67. The average Bonchev–Trinajstić information content (AvgIpc) is 0.751. The van der Waals surface area contributed by atoms with E-state index in [-0.39, 0.29) is 54.7 Å². The van der Waals surface area contributed by atoms with E-state index in [2.05, 4.69) is 90.1 Å². The molecule has 8 aromatic carbocycles. The van der Waals surface area contributed by atoms with Crippen molar-refractivity contribution in [2.24, 2.45) is 11.8 Å². The number of halogens is 2. The average molecular weight is 1410 g/mol. The molecule has 101 heavy (non-hydrogen) atoms. The summed E-state index contributed by atoms with van der Waals surface area (Å²) in [6.07, 6.45) is -0.294. The Labute approximate surface area is 600 Å². The molecule has 2 unspecified atom stereocenters. The third-order valence-electron chi connectivity index (χ3n) is 17.8. The molecule has 12 nitrogen and oxygen atoms in total. The number of carbonyl (C=O) groups excluding carboxylic acids is 2. The second-order valence-corrected chi connectivity index (χ2v) is 35.5. The predicted molar refractivity (Wildman–Crippen MR) is 407 cm³/mol. The Balaban J connectivity index is 0.000000315. The van der Waals surface area contributed by atoms with Gasteiger partial charge in [-0.25, -0.2) is 18.4 Å². The molecule has 538 valence electrons. The summed E-state index contributed by atoms with van der Waals surface area (Å²) >= 11 is 0. The largest absolute Gasteiger partial charge is 0.497 e. The molecule has 0 spiro atoms. The van der Waals surface area contributed by atoms with Crippen LogP contribution in [0.4, 0.5) is 8.78 Å². The fourth-order valence-electron chi connectivity index (χ4n) is 11.9. The molecule has 0 aliphatic carbocycles. The van der Waals surface area contributed by atoms with Crippen LogP contribution in [0.15, 0.2) is 266 Å². The minimum atomic E-state index is -2.96. The molecule has 0 saturated heterocycles. The number of methoxy groups -OCH3 is 2. The Morgan fingerprint density at radius 2 is 0.802 bits per heavy atom. The molecule has 0 aromatic heterocycles. The van der Waals surface area contributed by atoms with Crippen LogP contribution in [-0.2, 0) is 41.0 Å². The Kier molecular flexibility index (Phi) is 32.0. The van der Waals surface area contributed by atoms with Crippen LogP contribution < -0.4 is 30.2 Å². The number of benzene rings is 8. The number of hydrogen-bond acceptors (Lipinski definition) is 12. The summed E-state index contributed by atoms with van der Waals surface area (Å²) in [4.78, 5) is 26.1. The lowest BCUT2D eigenvalue weighted by Gasteiger charge is -2.45. The second kappa shape index (κ2) is 39.7. The Hall–Kier alpha value is -8.43. The van der Waals surface area contributed by atoms with Crippen molar-refractivity contribution >= 4 is 49.3 Å². The van der Waals surface area contributed by atoms with Crippen molar-refractivity contribution in [3.8, 4) is 11.5 Å². The first-order valence-corrected chi connectivity index (χ1v) is 38.0. The molecule has 0 aliphatic rings. The highest BCUT2D eigenvalue weighted by Gasteiger charge is 2.53. The molecule has 2 N–H and O–H groups in total. The van der Waals surface area contributed by atoms with Gasteiger partial charge in [0, 0.05) is 30.7 Å². The fourth-order valence-corrected chi connectivity index (χ4v) is 21.5. The van der Waals surface area contributed by atoms with Gasteiger partial charge in [-0.3, -0.25) is 0 Å². The van der Waals surface area contributed by atoms with E-state index in [1.165, 1.54) is 12.2 Å². The molecule has 0 heterocycles. The maximum Gasteiger partial charge on any atom is 0.339 e. The van der Waals surface area contributed by atoms with E-state index < -0.39 is 76.7 Å². The van der Waals surface area contributed by atoms with E-state index in [1.54, 1.807) is 81.0 Å². The zero-order chi connectivity index (χ0) is 72.3. The van der Waals surface area contributed by atoms with Gasteiger partial charge in [0.05, 0.1) is 51.3 Å². The first-order chi connectivity index (χ1) is 47.9. The Morgan fingerprint density at radius 1 is 0.465 bits per heavy atom. The van der Waals surface area contributed by atoms with Crippen molar-refractivity contribution in [2.45, 2.75) is 149 Å². The zero-order valence-electron chi connectivity index (χ0n) is 59.8. The highest BCUT2D eigenvalue weighted by atomic mass is 28.4. The lowest BCUT2D eigenvalue weighted by atomic mass is 10.00. The molecular weight excluding hydrogens is 1310 g/mol. The second-order valence-electron chi connectivity index (χ2n) is 27.0. The maximum atomic E-state index is 16.4. The van der Waals surface area contributed by atoms with Crippen molar-refractivity contribution < 1.29 is 65.9 Å². The number of aliphatic hydroxyl groups is 2. The summed E-state index contributed by atoms with van der Waals surface area (Å²) < 4.78 is 80.1. The molecule has 16 heteroatoms. The maximum absolute atomic E-state index is 16.4. The smallest absolute Gasteiger partial charge is 0.339 e. The van der Waals surface area contributed by atoms with Gasteiger partial charge in [0.25, 0.3) is 16.6 Å². The van der Waals surface area contributed by atoms with Gasteiger partial charge in [-0.2, -0.15) is 0 Å². The fraction of sp³-hybridized carbons (Fsp3) is 0.341. The molecule has 8 rings (SSSR count). The molecule has 0 amide bonds. The summed E-state index contributed by atoms with van der Waals surface area (Å²) in [6, 6.07) is 72.9. The minimum absolute atomic E-state index is 0. The Bertz CT molecular complexity index is 3720. The van der Waals surface area contributed by atoms with Gasteiger partial charge in [-0.1, -0.05) is 251 Å². The van der Waals surface area contributed by atoms with E-state index in [4.69, 9.17) is 37.3 Å². The van der Waals surface area contributed by atoms with Crippen LogP contribution in [0.5, 0.6) is 11.5 Å². The van der Waals surface area contributed by atoms with Gasteiger partial charge in [-0.05, 0) is 135 Å². The number of esters is 2. The first kappa shape index (κ1) is 81.5. The summed E-state index contributed by atoms with van der Waals surface area (Å²) in [7, 11) is -2.60. The van der Waals surface area contributed by atoms with Gasteiger partial charge < -0.3 is 47.5 Å². The van der Waals surface area contributed by atoms with E-state index in [0.29, 0.717) is 25.2 Å². The highest BCUT2D eigenvalue weighted by Crippen LogP contribution is 2.40. The third kappa shape index (κ3) is 22.8. The topological polar surface area (TPSA) is 148 Å². The zero-order valence-corrected chi connectivity index (χ0v) is 61.8. The SMILES string of the molecule is C.COc1ccc(COCC/C=C\C(OC(=O)c2ccccc2)/C(F)=C\[C@H](C)[C@H](C)O[Si](c2ccccc2)(c2ccccc2)C(C)(C)C)cc1.COc1ccc(COCC[C@@H](O)[C@@H](O)C(OC(=O)c2ccccc2)/C(F)=C\[C@H](C)[C@H](C)O[Si](c2ccccc2)(c2ccccc2)C(C)(C)C)cc1. The predicted octanol–water partition coefficient (Wildman–Crippen LogP) is 16.5. The van der Waals surface area contributed by atoms with Crippen LogP contribution in [0.25, 0.3) is 0 Å². The molecule has 0 radical (unpaired) electrons. The molecule has 0 bridgehead atoms. The summed E-state index contributed by atoms with van der Waals surface area (Å²) in [5.74, 6) is -2.19. The molecule has 0 fully saturated rings. The first-order valence-electron chi connectivity index (χ1n) is 34.2. The number of hydrogen-bond donors (Lipinski definition) is 2. The van der Waals surface area contributed by atoms with E-state index in [9.17, 15) is 19.8 Å². The minimum Gasteiger partial charge on any atom is -0.497 e. The van der Waals surface area contributed by atoms with Crippen LogP contribution in [0, 0.1) is 11.8 Å². The van der Waals surface area contributed by atoms with E-state index in [0.717, 1.165) is 43.4 Å². The molecule has 8 aromatic rings. The van der Waals surface area contributed by atoms with Crippen LogP contribution in [-0.4, -0.2) is 103 Å².